The Morgan fingerprint density at radius 3 is 0.750 bits per heavy atom. The molecule has 0 radical (unpaired) electrons. The summed E-state index contributed by atoms with van der Waals surface area (Å²) in [5.74, 6) is 0. The fourth-order valence-corrected chi connectivity index (χ4v) is 0. The second-order valence-corrected chi connectivity index (χ2v) is 0. The van der Waals surface area contributed by atoms with E-state index in [1.165, 1.54) is 0 Å². The van der Waals surface area contributed by atoms with Gasteiger partial charge in [0.1, 0.15) is 0 Å². The van der Waals surface area contributed by atoms with Crippen LogP contribution in [-0.2, 0) is 0 Å². The summed E-state index contributed by atoms with van der Waals surface area (Å²) < 4.78 is 0. The Kier molecular flexibility index (Phi) is 61.8. The van der Waals surface area contributed by atoms with Crippen LogP contribution in [0, 0.1) is 0 Å². The molecule has 18 valence electrons. The van der Waals surface area contributed by atoms with Crippen LogP contribution in [0.5, 0.6) is 0 Å². The molecule has 0 aliphatic heterocycles. The van der Waals surface area contributed by atoms with Crippen molar-refractivity contribution in [2.24, 2.45) is 0 Å². The molecule has 0 heterocycles. The first-order valence-corrected chi connectivity index (χ1v) is 1.80. The van der Waals surface area contributed by atoms with E-state index in [0.29, 0.717) is 0 Å². The van der Waals surface area contributed by atoms with Crippen molar-refractivity contribution in [2.45, 2.75) is 0 Å². The maximum atomic E-state index is 3.22. The third-order valence-corrected chi connectivity index (χ3v) is 0. The van der Waals surface area contributed by atoms with E-state index in [2.05, 4.69) is 23.3 Å². The number of hydrogen-bond acceptors (Lipinski definition) is 2. The van der Waals surface area contributed by atoms with Crippen LogP contribution in [0.15, 0.2) is 0 Å². The molecule has 0 amide bonds. The molecule has 0 aliphatic carbocycles. The number of rotatable bonds is 0. The molecule has 0 atom stereocenters. The van der Waals surface area contributed by atoms with Gasteiger partial charge in [-0.05, 0) is 0 Å². The van der Waals surface area contributed by atoms with Crippen molar-refractivity contribution < 1.29 is 0 Å². The summed E-state index contributed by atoms with van der Waals surface area (Å²) in [7, 11) is 0. The van der Waals surface area contributed by atoms with Crippen molar-refractivity contribution in [1.82, 2.24) is 0 Å². The molecule has 0 rings (SSSR count). The molecule has 0 saturated heterocycles. The Bertz CT molecular complexity index is 4.00. The third-order valence-electron chi connectivity index (χ3n) is 0. The molecule has 0 aromatic heterocycles. The minimum atomic E-state index is 0. The number of thiol groups is 2. The minimum absolute atomic E-state index is 0. The van der Waals surface area contributed by atoms with Gasteiger partial charge in [0, 0.05) is 0 Å². The molecule has 4 heteroatoms. The normalized spacial score (nSPS) is 1.50. The van der Waals surface area contributed by atoms with Gasteiger partial charge in [-0.15, -0.1) is 23.3 Å². The van der Waals surface area contributed by atoms with Gasteiger partial charge in [-0.3, -0.25) is 0 Å². The molecular formula is H4K2S2. The van der Waals surface area contributed by atoms with E-state index < -0.39 is 0 Å². The van der Waals surface area contributed by atoms with E-state index in [4.69, 9.17) is 0 Å². The van der Waals surface area contributed by atoms with Gasteiger partial charge in [-0.2, -0.15) is 0 Å². The summed E-state index contributed by atoms with van der Waals surface area (Å²) in [4.78, 5) is 0. The van der Waals surface area contributed by atoms with Crippen molar-refractivity contribution in [3.63, 3.8) is 0 Å². The first-order chi connectivity index (χ1) is 1.00. The van der Waals surface area contributed by atoms with Crippen molar-refractivity contribution in [1.29, 1.82) is 0 Å². The molecule has 0 aliphatic rings. The van der Waals surface area contributed by atoms with Crippen LogP contribution in [-0.4, -0.2) is 103 Å². The van der Waals surface area contributed by atoms with E-state index in [9.17, 15) is 0 Å². The molecule has 0 bridgehead atoms. The van der Waals surface area contributed by atoms with Gasteiger partial charge in [0.25, 0.3) is 0 Å². The topological polar surface area (TPSA) is 0 Å². The second-order valence-electron chi connectivity index (χ2n) is 0. The molecule has 0 spiro atoms. The average Bonchev–Trinajstić information content (AvgIpc) is 1.00. The van der Waals surface area contributed by atoms with Gasteiger partial charge in [0.15, 0.2) is 0 Å². The van der Waals surface area contributed by atoms with Crippen LogP contribution in [0.3, 0.4) is 0 Å². The van der Waals surface area contributed by atoms with Crippen LogP contribution in [0.2, 0.25) is 0 Å². The zero-order valence-electron chi connectivity index (χ0n) is 0.894. The molecule has 0 unspecified atom stereocenters. The fraction of sp³-hybridized carbons (Fsp3) is 0. The Labute approximate surface area is 122 Å². The quantitative estimate of drug-likeness (QED) is 0.256. The van der Waals surface area contributed by atoms with Gasteiger partial charge in [0.05, 0.1) is 0 Å². The summed E-state index contributed by atoms with van der Waals surface area (Å²) in [6.45, 7) is 0. The van der Waals surface area contributed by atoms with E-state index in [1.54, 1.807) is 0 Å². The van der Waals surface area contributed by atoms with Crippen LogP contribution >= 0.6 is 23.3 Å². The Hall–Kier alpha value is 3.97. The molecule has 4 heavy (non-hydrogen) atoms. The van der Waals surface area contributed by atoms with Crippen molar-refractivity contribution in [2.75, 3.05) is 0 Å². The summed E-state index contributed by atoms with van der Waals surface area (Å²) in [6.07, 6.45) is 0. The van der Waals surface area contributed by atoms with E-state index >= 15 is 0 Å². The number of hydrogen-bond donors (Lipinski definition) is 2. The molecule has 0 aromatic rings. The van der Waals surface area contributed by atoms with E-state index in [-0.39, 0.29) is 103 Å². The SMILES string of the molecule is SS.[KH].[KH]. The summed E-state index contributed by atoms with van der Waals surface area (Å²) in [6, 6.07) is 0. The van der Waals surface area contributed by atoms with E-state index in [0.717, 1.165) is 0 Å². The zero-order chi connectivity index (χ0) is 2.00. The molecule has 0 fully saturated rings. The Morgan fingerprint density at radius 1 is 0.750 bits per heavy atom. The first kappa shape index (κ1) is 15.7. The Morgan fingerprint density at radius 2 is 0.750 bits per heavy atom. The average molecular weight is 146 g/mol. The maximum absolute atomic E-state index is 3.22. The van der Waals surface area contributed by atoms with Crippen molar-refractivity contribution in [3.8, 4) is 0 Å². The molecule has 0 nitrogen and oxygen atoms in total. The summed E-state index contributed by atoms with van der Waals surface area (Å²) in [5.41, 5.74) is 0. The van der Waals surface area contributed by atoms with Gasteiger partial charge in [-0.1, -0.05) is 0 Å². The van der Waals surface area contributed by atoms with Gasteiger partial charge in [-0.25, -0.2) is 0 Å². The van der Waals surface area contributed by atoms with E-state index in [1.807, 2.05) is 0 Å². The fourth-order valence-electron chi connectivity index (χ4n) is 0. The summed E-state index contributed by atoms with van der Waals surface area (Å²) >= 11 is 6.44. The van der Waals surface area contributed by atoms with Crippen LogP contribution < -0.4 is 0 Å². The zero-order valence-corrected chi connectivity index (χ0v) is 2.68. The van der Waals surface area contributed by atoms with Crippen LogP contribution in [0.25, 0.3) is 0 Å². The van der Waals surface area contributed by atoms with Crippen LogP contribution in [0.1, 0.15) is 0 Å². The molecule has 0 saturated carbocycles. The Balaban J connectivity index is -0.00000000500. The summed E-state index contributed by atoms with van der Waals surface area (Å²) in [5, 5.41) is 0. The predicted molar refractivity (Wildman–Crippen MR) is 32.3 cm³/mol. The van der Waals surface area contributed by atoms with Crippen molar-refractivity contribution in [3.05, 3.63) is 0 Å². The molecule has 0 N–H and O–H groups in total. The standard InChI is InChI=1S/2K.H2S2.2H/c;;1-2;;/h;;1-2H;;. The molecular weight excluding hydrogens is 142 g/mol. The van der Waals surface area contributed by atoms with Gasteiger partial charge in [0.2, 0.25) is 0 Å². The van der Waals surface area contributed by atoms with Crippen LogP contribution in [0.4, 0.5) is 0 Å². The predicted octanol–water partition coefficient (Wildman–Crippen LogP) is -0.536. The van der Waals surface area contributed by atoms with Gasteiger partial charge < -0.3 is 0 Å². The van der Waals surface area contributed by atoms with Crippen molar-refractivity contribution >= 4 is 126 Å². The molecule has 0 aromatic carbocycles. The third kappa shape index (κ3) is 9.36. The second kappa shape index (κ2) is 15.8. The van der Waals surface area contributed by atoms with Gasteiger partial charge >= 0.3 is 103 Å². The first-order valence-electron chi connectivity index (χ1n) is 0.200. The monoisotopic (exact) mass is 146 g/mol.